The van der Waals surface area contributed by atoms with Crippen LogP contribution in [0.2, 0.25) is 5.02 Å². The Morgan fingerprint density at radius 2 is 1.90 bits per heavy atom. The molecule has 0 N–H and O–H groups in total. The van der Waals surface area contributed by atoms with Crippen molar-refractivity contribution in [3.8, 4) is 23.0 Å². The number of hydrogen-bond donors (Lipinski definition) is 0. The van der Waals surface area contributed by atoms with Gasteiger partial charge in [0.1, 0.15) is 0 Å². The van der Waals surface area contributed by atoms with E-state index in [1.54, 1.807) is 31.2 Å². The molecule has 0 atom stereocenters. The number of nitrogens with zero attached hydrogens (tertiary/aromatic N) is 3. The third-order valence-electron chi connectivity index (χ3n) is 4.88. The minimum absolute atomic E-state index is 0.0318. The summed E-state index contributed by atoms with van der Waals surface area (Å²) in [6.07, 6.45) is 2.18. The number of alkyl halides is 2. The molecule has 0 radical (unpaired) electrons. The van der Waals surface area contributed by atoms with Crippen molar-refractivity contribution in [2.75, 3.05) is 6.61 Å². The quantitative estimate of drug-likeness (QED) is 0.404. The van der Waals surface area contributed by atoms with Crippen LogP contribution in [0.5, 0.6) is 11.5 Å². The van der Waals surface area contributed by atoms with E-state index >= 15 is 0 Å². The molecule has 2 aromatic carbocycles. The Labute approximate surface area is 183 Å². The van der Waals surface area contributed by atoms with Gasteiger partial charge in [0, 0.05) is 23.2 Å². The lowest BCUT2D eigenvalue weighted by Crippen LogP contribution is -2.25. The summed E-state index contributed by atoms with van der Waals surface area (Å²) < 4.78 is 40.7. The molecule has 1 heterocycles. The van der Waals surface area contributed by atoms with E-state index in [-0.39, 0.29) is 5.75 Å². The van der Waals surface area contributed by atoms with Gasteiger partial charge >= 0.3 is 6.61 Å². The minimum Gasteiger partial charge on any atom is -0.490 e. The van der Waals surface area contributed by atoms with Crippen molar-refractivity contribution in [1.82, 2.24) is 15.0 Å². The van der Waals surface area contributed by atoms with Crippen molar-refractivity contribution in [2.24, 2.45) is 0 Å². The van der Waals surface area contributed by atoms with Gasteiger partial charge in [-0.3, -0.25) is 4.90 Å². The van der Waals surface area contributed by atoms with E-state index in [2.05, 4.69) is 19.8 Å². The van der Waals surface area contributed by atoms with E-state index < -0.39 is 6.61 Å². The predicted octanol–water partition coefficient (Wildman–Crippen LogP) is 5.55. The summed E-state index contributed by atoms with van der Waals surface area (Å²) in [5.74, 6) is 1.36. The zero-order valence-corrected chi connectivity index (χ0v) is 17.7. The fraction of sp³-hybridized carbons (Fsp3) is 0.364. The van der Waals surface area contributed by atoms with Gasteiger partial charge in [0.2, 0.25) is 0 Å². The zero-order valence-electron chi connectivity index (χ0n) is 16.9. The van der Waals surface area contributed by atoms with Crippen molar-refractivity contribution in [2.45, 2.75) is 45.5 Å². The minimum atomic E-state index is -2.90. The second-order valence-electron chi connectivity index (χ2n) is 7.25. The van der Waals surface area contributed by atoms with Crippen molar-refractivity contribution in [3.05, 3.63) is 58.9 Å². The molecule has 9 heteroatoms. The van der Waals surface area contributed by atoms with Crippen LogP contribution in [0.4, 0.5) is 8.78 Å². The van der Waals surface area contributed by atoms with Gasteiger partial charge in [-0.05, 0) is 61.7 Å². The van der Waals surface area contributed by atoms with Crippen LogP contribution < -0.4 is 9.47 Å². The summed E-state index contributed by atoms with van der Waals surface area (Å²) in [6, 6.07) is 12.7. The zero-order chi connectivity index (χ0) is 21.8. The molecule has 1 aliphatic carbocycles. The number of halogens is 3. The fourth-order valence-electron chi connectivity index (χ4n) is 3.31. The van der Waals surface area contributed by atoms with Gasteiger partial charge in [-0.1, -0.05) is 22.8 Å². The highest BCUT2D eigenvalue weighted by molar-refractivity contribution is 6.30. The van der Waals surface area contributed by atoms with Crippen LogP contribution in [0.1, 0.15) is 31.2 Å². The molecule has 0 spiro atoms. The first-order chi connectivity index (χ1) is 15.0. The van der Waals surface area contributed by atoms with Crippen LogP contribution in [0, 0.1) is 0 Å². The molecule has 0 amide bonds. The highest BCUT2D eigenvalue weighted by Gasteiger charge is 2.30. The molecular weight excluding hydrogens is 428 g/mol. The summed E-state index contributed by atoms with van der Waals surface area (Å²) in [7, 11) is 0. The number of hydrogen-bond acceptors (Lipinski definition) is 6. The summed E-state index contributed by atoms with van der Waals surface area (Å²) in [5, 5.41) is 4.75. The first kappa shape index (κ1) is 21.5. The fourth-order valence-corrected chi connectivity index (χ4v) is 3.44. The second kappa shape index (κ2) is 9.62. The van der Waals surface area contributed by atoms with Gasteiger partial charge < -0.3 is 14.0 Å². The Morgan fingerprint density at radius 1 is 1.13 bits per heavy atom. The molecule has 164 valence electrons. The van der Waals surface area contributed by atoms with Gasteiger partial charge in [0.05, 0.1) is 13.2 Å². The molecule has 4 rings (SSSR count). The van der Waals surface area contributed by atoms with E-state index in [4.69, 9.17) is 20.9 Å². The summed E-state index contributed by atoms with van der Waals surface area (Å²) in [5.41, 5.74) is 1.73. The predicted molar refractivity (Wildman–Crippen MR) is 111 cm³/mol. The van der Waals surface area contributed by atoms with Crippen LogP contribution in [0.3, 0.4) is 0 Å². The summed E-state index contributed by atoms with van der Waals surface area (Å²) in [4.78, 5) is 6.75. The number of ether oxygens (including phenoxy) is 2. The lowest BCUT2D eigenvalue weighted by molar-refractivity contribution is -0.0514. The Balaban J connectivity index is 1.48. The lowest BCUT2D eigenvalue weighted by atomic mass is 10.2. The summed E-state index contributed by atoms with van der Waals surface area (Å²) >= 11 is 5.93. The Hall–Kier alpha value is -2.71. The molecule has 0 unspecified atom stereocenters. The topological polar surface area (TPSA) is 60.6 Å². The van der Waals surface area contributed by atoms with Crippen LogP contribution in [0.15, 0.2) is 47.0 Å². The van der Waals surface area contributed by atoms with E-state index in [9.17, 15) is 8.78 Å². The third kappa shape index (κ3) is 5.71. The Bertz CT molecular complexity index is 1010. The van der Waals surface area contributed by atoms with E-state index in [0.29, 0.717) is 48.2 Å². The molecule has 1 fully saturated rings. The summed E-state index contributed by atoms with van der Waals surface area (Å²) in [6.45, 7) is 0.363. The largest absolute Gasteiger partial charge is 0.490 e. The van der Waals surface area contributed by atoms with Gasteiger partial charge in [-0.15, -0.1) is 0 Å². The first-order valence-electron chi connectivity index (χ1n) is 10.0. The van der Waals surface area contributed by atoms with Crippen LogP contribution in [-0.2, 0) is 13.1 Å². The SMILES string of the molecule is CCOc1cc(CN(Cc2noc(-c3ccc(Cl)cc3)n2)C2CC2)ccc1OC(F)F. The molecule has 31 heavy (non-hydrogen) atoms. The molecule has 0 bridgehead atoms. The van der Waals surface area contributed by atoms with Gasteiger partial charge in [0.25, 0.3) is 5.89 Å². The standard InChI is InChI=1S/C22H22ClF2N3O3/c1-2-29-19-11-14(3-10-18(19)30-22(24)25)12-28(17-8-9-17)13-20-26-21(31-27-20)15-4-6-16(23)7-5-15/h3-7,10-11,17,22H,2,8-9,12-13H2,1H3. The lowest BCUT2D eigenvalue weighted by Gasteiger charge is -2.21. The maximum Gasteiger partial charge on any atom is 0.387 e. The maximum atomic E-state index is 12.6. The molecule has 3 aromatic rings. The highest BCUT2D eigenvalue weighted by atomic mass is 35.5. The van der Waals surface area contributed by atoms with Crippen LogP contribution in [-0.4, -0.2) is 34.3 Å². The van der Waals surface area contributed by atoms with Crippen molar-refractivity contribution in [3.63, 3.8) is 0 Å². The molecule has 6 nitrogen and oxygen atoms in total. The van der Waals surface area contributed by atoms with E-state index in [1.807, 2.05) is 12.1 Å². The van der Waals surface area contributed by atoms with E-state index in [1.165, 1.54) is 6.07 Å². The van der Waals surface area contributed by atoms with Gasteiger partial charge in [0.15, 0.2) is 17.3 Å². The monoisotopic (exact) mass is 449 g/mol. The maximum absolute atomic E-state index is 12.6. The van der Waals surface area contributed by atoms with Crippen molar-refractivity contribution in [1.29, 1.82) is 0 Å². The van der Waals surface area contributed by atoms with Crippen LogP contribution >= 0.6 is 11.6 Å². The highest BCUT2D eigenvalue weighted by Crippen LogP contribution is 2.33. The molecule has 1 aromatic heterocycles. The Morgan fingerprint density at radius 3 is 2.58 bits per heavy atom. The molecule has 1 saturated carbocycles. The number of benzene rings is 2. The third-order valence-corrected chi connectivity index (χ3v) is 5.13. The normalized spacial score (nSPS) is 13.7. The van der Waals surface area contributed by atoms with Crippen LogP contribution in [0.25, 0.3) is 11.5 Å². The first-order valence-corrected chi connectivity index (χ1v) is 10.4. The molecule has 0 saturated heterocycles. The van der Waals surface area contributed by atoms with Gasteiger partial charge in [-0.2, -0.15) is 13.8 Å². The van der Waals surface area contributed by atoms with Crippen molar-refractivity contribution < 1.29 is 22.8 Å². The average Bonchev–Trinajstić information content (AvgIpc) is 3.49. The molecular formula is C22H22ClF2N3O3. The smallest absolute Gasteiger partial charge is 0.387 e. The van der Waals surface area contributed by atoms with Gasteiger partial charge in [-0.25, -0.2) is 0 Å². The number of aromatic nitrogens is 2. The average molecular weight is 450 g/mol. The molecule has 1 aliphatic rings. The number of rotatable bonds is 10. The molecule has 0 aliphatic heterocycles. The van der Waals surface area contributed by atoms with Crippen molar-refractivity contribution >= 4 is 11.6 Å². The van der Waals surface area contributed by atoms with E-state index in [0.717, 1.165) is 24.0 Å². The second-order valence-corrected chi connectivity index (χ2v) is 7.69. The Kier molecular flexibility index (Phi) is 6.67.